The van der Waals surface area contributed by atoms with Crippen molar-refractivity contribution in [3.05, 3.63) is 18.1 Å². The van der Waals surface area contributed by atoms with E-state index in [-0.39, 0.29) is 0 Å². The minimum atomic E-state index is 0.739. The van der Waals surface area contributed by atoms with E-state index in [4.69, 9.17) is 0 Å². The second-order valence-corrected chi connectivity index (χ2v) is 3.47. The van der Waals surface area contributed by atoms with Crippen molar-refractivity contribution >= 4 is 5.82 Å². The standard InChI is InChI=1S/C8H14N3/c1-7-9-6-5-8(10-7)11(2,3)4/h5-6H,1-4H3/q+1. The SMILES string of the molecule is Cc1nccc([N+](C)(C)C)n1. The Kier molecular flexibility index (Phi) is 1.91. The minimum absolute atomic E-state index is 0.739. The Bertz CT molecular complexity index is 250. The van der Waals surface area contributed by atoms with Gasteiger partial charge in [-0.2, -0.15) is 4.98 Å². The first-order valence-electron chi connectivity index (χ1n) is 3.62. The van der Waals surface area contributed by atoms with Crippen molar-refractivity contribution in [2.45, 2.75) is 6.92 Å². The summed E-state index contributed by atoms with van der Waals surface area (Å²) in [5, 5.41) is 0. The maximum atomic E-state index is 4.31. The molecule has 1 rings (SSSR count). The van der Waals surface area contributed by atoms with Gasteiger partial charge in [-0.25, -0.2) is 4.98 Å². The van der Waals surface area contributed by atoms with Crippen molar-refractivity contribution in [3.63, 3.8) is 0 Å². The Hall–Kier alpha value is -0.960. The van der Waals surface area contributed by atoms with Gasteiger partial charge in [0.15, 0.2) is 0 Å². The molecule has 0 saturated carbocycles. The highest BCUT2D eigenvalue weighted by molar-refractivity contribution is 5.30. The predicted molar refractivity (Wildman–Crippen MR) is 46.3 cm³/mol. The third kappa shape index (κ3) is 1.98. The third-order valence-corrected chi connectivity index (χ3v) is 1.45. The number of hydrogen-bond donors (Lipinski definition) is 0. The van der Waals surface area contributed by atoms with Crippen LogP contribution in [0.2, 0.25) is 0 Å². The molecule has 0 aliphatic rings. The fourth-order valence-electron chi connectivity index (χ4n) is 0.817. The lowest BCUT2D eigenvalue weighted by Crippen LogP contribution is -2.35. The first-order valence-corrected chi connectivity index (χ1v) is 3.62. The van der Waals surface area contributed by atoms with Crippen molar-refractivity contribution in [2.75, 3.05) is 21.1 Å². The summed E-state index contributed by atoms with van der Waals surface area (Å²) in [6.45, 7) is 1.90. The predicted octanol–water partition coefficient (Wildman–Crippen LogP) is 0.982. The Balaban J connectivity index is 3.06. The van der Waals surface area contributed by atoms with Crippen LogP contribution >= 0.6 is 0 Å². The van der Waals surface area contributed by atoms with Crippen LogP contribution in [-0.2, 0) is 0 Å². The summed E-state index contributed by atoms with van der Waals surface area (Å²) in [6, 6.07) is 1.94. The van der Waals surface area contributed by atoms with E-state index in [9.17, 15) is 0 Å². The molecule has 0 bridgehead atoms. The molecule has 0 atom stereocenters. The summed E-state index contributed by atoms with van der Waals surface area (Å²) in [7, 11) is 6.26. The van der Waals surface area contributed by atoms with E-state index in [1.165, 1.54) is 0 Å². The topological polar surface area (TPSA) is 25.8 Å². The van der Waals surface area contributed by atoms with Gasteiger partial charge >= 0.3 is 0 Å². The molecule has 0 aliphatic carbocycles. The maximum Gasteiger partial charge on any atom is 0.230 e. The lowest BCUT2D eigenvalue weighted by atomic mass is 10.5. The number of hydrogen-bond acceptors (Lipinski definition) is 2. The normalized spacial score (nSPS) is 11.6. The quantitative estimate of drug-likeness (QED) is 0.561. The van der Waals surface area contributed by atoms with Crippen LogP contribution in [0.25, 0.3) is 0 Å². The minimum Gasteiger partial charge on any atom is -0.282 e. The molecule has 0 unspecified atom stereocenters. The molecular weight excluding hydrogens is 138 g/mol. The van der Waals surface area contributed by atoms with Gasteiger partial charge in [-0.05, 0) is 6.92 Å². The highest BCUT2D eigenvalue weighted by atomic mass is 15.3. The molecule has 3 heteroatoms. The van der Waals surface area contributed by atoms with E-state index < -0.39 is 0 Å². The fourth-order valence-corrected chi connectivity index (χ4v) is 0.817. The molecule has 0 aromatic carbocycles. The first-order chi connectivity index (χ1) is 5.00. The first kappa shape index (κ1) is 8.14. The summed E-state index contributed by atoms with van der Waals surface area (Å²) in [5.41, 5.74) is 0. The number of aryl methyl sites for hydroxylation is 1. The summed E-state index contributed by atoms with van der Waals surface area (Å²) in [5.74, 6) is 1.87. The van der Waals surface area contributed by atoms with Gasteiger partial charge in [-0.15, -0.1) is 0 Å². The molecule has 0 fully saturated rings. The van der Waals surface area contributed by atoms with Gasteiger partial charge in [0.1, 0.15) is 5.82 Å². The zero-order valence-electron chi connectivity index (χ0n) is 7.50. The van der Waals surface area contributed by atoms with E-state index in [0.717, 1.165) is 16.1 Å². The Morgan fingerprint density at radius 1 is 1.27 bits per heavy atom. The van der Waals surface area contributed by atoms with E-state index in [1.807, 2.05) is 13.0 Å². The molecule has 0 radical (unpaired) electrons. The molecule has 60 valence electrons. The van der Waals surface area contributed by atoms with Gasteiger partial charge in [-0.3, -0.25) is 4.48 Å². The van der Waals surface area contributed by atoms with Crippen LogP contribution in [0, 0.1) is 6.92 Å². The highest BCUT2D eigenvalue weighted by Gasteiger charge is 2.12. The third-order valence-electron chi connectivity index (χ3n) is 1.45. The molecular formula is C8H14N3+. The van der Waals surface area contributed by atoms with Gasteiger partial charge in [0.2, 0.25) is 5.82 Å². The van der Waals surface area contributed by atoms with Gasteiger partial charge in [-0.1, -0.05) is 0 Å². The van der Waals surface area contributed by atoms with Crippen molar-refractivity contribution in [1.82, 2.24) is 14.5 Å². The van der Waals surface area contributed by atoms with Crippen LogP contribution in [0.5, 0.6) is 0 Å². The van der Waals surface area contributed by atoms with Crippen LogP contribution in [0.1, 0.15) is 5.82 Å². The van der Waals surface area contributed by atoms with Gasteiger partial charge in [0, 0.05) is 12.3 Å². The largest absolute Gasteiger partial charge is 0.282 e. The average molecular weight is 152 g/mol. The van der Waals surface area contributed by atoms with Gasteiger partial charge in [0.05, 0.1) is 21.1 Å². The summed E-state index contributed by atoms with van der Waals surface area (Å²) in [6.07, 6.45) is 1.79. The molecule has 1 heterocycles. The van der Waals surface area contributed by atoms with Crippen LogP contribution in [-0.4, -0.2) is 31.1 Å². The smallest absolute Gasteiger partial charge is 0.230 e. The Labute approximate surface area is 67.3 Å². The van der Waals surface area contributed by atoms with Crippen molar-refractivity contribution in [2.24, 2.45) is 0 Å². The molecule has 0 aliphatic heterocycles. The number of quaternary nitrogens is 1. The zero-order chi connectivity index (χ0) is 8.48. The monoisotopic (exact) mass is 152 g/mol. The van der Waals surface area contributed by atoms with Crippen molar-refractivity contribution < 1.29 is 0 Å². The van der Waals surface area contributed by atoms with Crippen LogP contribution in [0.15, 0.2) is 12.3 Å². The summed E-state index contributed by atoms with van der Waals surface area (Å²) < 4.78 is 0.739. The second kappa shape index (κ2) is 2.58. The van der Waals surface area contributed by atoms with Gasteiger partial charge in [0.25, 0.3) is 0 Å². The van der Waals surface area contributed by atoms with Crippen LogP contribution in [0.3, 0.4) is 0 Å². The lowest BCUT2D eigenvalue weighted by Gasteiger charge is -2.21. The molecule has 1 aromatic heterocycles. The second-order valence-electron chi connectivity index (χ2n) is 3.47. The number of nitrogens with zero attached hydrogens (tertiary/aromatic N) is 3. The van der Waals surface area contributed by atoms with Crippen molar-refractivity contribution in [3.8, 4) is 0 Å². The Morgan fingerprint density at radius 2 is 1.91 bits per heavy atom. The van der Waals surface area contributed by atoms with E-state index >= 15 is 0 Å². The van der Waals surface area contributed by atoms with Crippen LogP contribution < -0.4 is 4.48 Å². The average Bonchev–Trinajstić information content (AvgIpc) is 1.86. The van der Waals surface area contributed by atoms with Crippen molar-refractivity contribution in [1.29, 1.82) is 0 Å². The fraction of sp³-hybridized carbons (Fsp3) is 0.500. The molecule has 0 saturated heterocycles. The summed E-state index contributed by atoms with van der Waals surface area (Å²) in [4.78, 5) is 8.34. The number of rotatable bonds is 1. The Morgan fingerprint density at radius 3 is 2.27 bits per heavy atom. The molecule has 0 amide bonds. The zero-order valence-corrected chi connectivity index (χ0v) is 7.50. The molecule has 0 spiro atoms. The lowest BCUT2D eigenvalue weighted by molar-refractivity contribution is 0.471. The molecule has 0 N–H and O–H groups in total. The molecule has 11 heavy (non-hydrogen) atoms. The molecule has 3 nitrogen and oxygen atoms in total. The van der Waals surface area contributed by atoms with E-state index in [1.54, 1.807) is 6.20 Å². The van der Waals surface area contributed by atoms with Gasteiger partial charge < -0.3 is 0 Å². The van der Waals surface area contributed by atoms with Crippen LogP contribution in [0.4, 0.5) is 5.82 Å². The van der Waals surface area contributed by atoms with E-state index in [2.05, 4.69) is 31.1 Å². The van der Waals surface area contributed by atoms with E-state index in [0.29, 0.717) is 0 Å². The maximum absolute atomic E-state index is 4.31. The summed E-state index contributed by atoms with van der Waals surface area (Å²) >= 11 is 0. The molecule has 1 aromatic rings. The number of aromatic nitrogens is 2. The highest BCUT2D eigenvalue weighted by Crippen LogP contribution is 2.10.